The van der Waals surface area contributed by atoms with E-state index < -0.39 is 6.04 Å². The van der Waals surface area contributed by atoms with E-state index in [9.17, 15) is 14.4 Å². The number of benzene rings is 2. The Labute approximate surface area is 239 Å². The average Bonchev–Trinajstić information content (AvgIpc) is 3.61. The number of aliphatic imine (C=N–C) groups is 2. The van der Waals surface area contributed by atoms with Gasteiger partial charge in [0, 0.05) is 22.9 Å². The molecule has 40 heavy (non-hydrogen) atoms. The zero-order valence-corrected chi connectivity index (χ0v) is 23.5. The smallest absolute Gasteiger partial charge is 0.259 e. The Balaban J connectivity index is 1.26. The van der Waals surface area contributed by atoms with Gasteiger partial charge < -0.3 is 20.1 Å². The van der Waals surface area contributed by atoms with E-state index in [1.165, 1.54) is 12.0 Å². The first-order chi connectivity index (χ1) is 19.5. The number of amides is 3. The minimum absolute atomic E-state index is 0.00574. The van der Waals surface area contributed by atoms with Crippen LogP contribution in [0.25, 0.3) is 0 Å². The number of nitrogens with one attached hydrogen (secondary N) is 2. The predicted molar refractivity (Wildman–Crippen MR) is 157 cm³/mol. The number of methoxy groups -OCH3 is 2. The van der Waals surface area contributed by atoms with Crippen LogP contribution >= 0.6 is 23.1 Å². The molecule has 2 aromatic carbocycles. The van der Waals surface area contributed by atoms with Gasteiger partial charge in [0.2, 0.25) is 11.8 Å². The van der Waals surface area contributed by atoms with Gasteiger partial charge in [0.15, 0.2) is 5.17 Å². The molecule has 3 aromatic rings. The first-order valence-electron chi connectivity index (χ1n) is 12.5. The van der Waals surface area contributed by atoms with Crippen LogP contribution < -0.4 is 20.1 Å². The van der Waals surface area contributed by atoms with Crippen LogP contribution in [0, 0.1) is 0 Å². The number of fused-ring (bicyclic) bond motifs is 3. The first-order valence-corrected chi connectivity index (χ1v) is 14.4. The van der Waals surface area contributed by atoms with Gasteiger partial charge in [-0.1, -0.05) is 30.0 Å². The van der Waals surface area contributed by atoms with Crippen molar-refractivity contribution in [2.24, 2.45) is 9.98 Å². The Morgan fingerprint density at radius 2 is 1.93 bits per heavy atom. The fraction of sp³-hybridized carbons (Fsp3) is 0.250. The highest BCUT2D eigenvalue weighted by molar-refractivity contribution is 8.14. The predicted octanol–water partition coefficient (Wildman–Crippen LogP) is 4.19. The number of hydrogen-bond acceptors (Lipinski definition) is 9. The third-order valence-corrected chi connectivity index (χ3v) is 8.06. The number of para-hydroxylation sites is 1. The van der Waals surface area contributed by atoms with Crippen molar-refractivity contribution >= 4 is 63.2 Å². The summed E-state index contributed by atoms with van der Waals surface area (Å²) in [6.07, 6.45) is 0.434. The summed E-state index contributed by atoms with van der Waals surface area (Å²) in [5.41, 5.74) is 1.87. The Kier molecular flexibility index (Phi) is 8.46. The van der Waals surface area contributed by atoms with Gasteiger partial charge in [0.1, 0.15) is 23.4 Å². The molecule has 1 aromatic heterocycles. The highest BCUT2D eigenvalue weighted by atomic mass is 32.2. The third kappa shape index (κ3) is 6.02. The van der Waals surface area contributed by atoms with Gasteiger partial charge in [-0.2, -0.15) is 0 Å². The quantitative estimate of drug-likeness (QED) is 0.373. The molecule has 5 rings (SSSR count). The minimum atomic E-state index is -0.714. The molecule has 2 N–H and O–H groups in total. The summed E-state index contributed by atoms with van der Waals surface area (Å²) >= 11 is 2.71. The number of thioether (sulfide) groups is 1. The van der Waals surface area contributed by atoms with Crippen LogP contribution in [0.4, 0.5) is 11.4 Å². The maximum Gasteiger partial charge on any atom is 0.259 e. The van der Waals surface area contributed by atoms with Gasteiger partial charge in [0.05, 0.1) is 37.9 Å². The second kappa shape index (κ2) is 12.3. The van der Waals surface area contributed by atoms with E-state index in [0.717, 1.165) is 22.2 Å². The molecule has 0 aliphatic carbocycles. The topological polar surface area (TPSA) is 122 Å². The highest BCUT2D eigenvalue weighted by Crippen LogP contribution is 2.35. The van der Waals surface area contributed by atoms with E-state index in [1.54, 1.807) is 36.6 Å². The second-order valence-corrected chi connectivity index (χ2v) is 10.8. The average molecular weight is 578 g/mol. The molecular formula is C28H27N5O5S2. The lowest BCUT2D eigenvalue weighted by Crippen LogP contribution is -2.41. The molecule has 10 nitrogen and oxygen atoms in total. The number of thiophene rings is 1. The van der Waals surface area contributed by atoms with Crippen molar-refractivity contribution < 1.29 is 23.9 Å². The van der Waals surface area contributed by atoms with E-state index in [1.807, 2.05) is 41.8 Å². The Hall–Kier alpha value is -4.16. The largest absolute Gasteiger partial charge is 0.497 e. The molecule has 0 radical (unpaired) electrons. The van der Waals surface area contributed by atoms with Crippen LogP contribution in [0.15, 0.2) is 70.0 Å². The zero-order valence-electron chi connectivity index (χ0n) is 21.9. The van der Waals surface area contributed by atoms with Crippen molar-refractivity contribution in [3.63, 3.8) is 0 Å². The van der Waals surface area contributed by atoms with E-state index in [2.05, 4.69) is 15.6 Å². The SMILES string of the molecule is COc1ccc(OC)c(NC(=O)CSC2=Nc3ccccc3C3=NC(CCC(=O)NCc4cccs4)C(=O)N23)c1. The molecule has 0 saturated carbocycles. The second-order valence-electron chi connectivity index (χ2n) is 8.85. The number of rotatable bonds is 10. The summed E-state index contributed by atoms with van der Waals surface area (Å²) in [4.78, 5) is 50.6. The molecule has 0 fully saturated rings. The Bertz CT molecular complexity index is 1490. The number of hydrogen-bond donors (Lipinski definition) is 2. The fourth-order valence-corrected chi connectivity index (χ4v) is 5.72. The zero-order chi connectivity index (χ0) is 28.1. The van der Waals surface area contributed by atoms with E-state index >= 15 is 0 Å². The number of anilines is 1. The molecule has 3 amide bonds. The lowest BCUT2D eigenvalue weighted by molar-refractivity contribution is -0.125. The molecular weight excluding hydrogens is 550 g/mol. The maximum atomic E-state index is 13.5. The van der Waals surface area contributed by atoms with Crippen molar-refractivity contribution in [1.29, 1.82) is 0 Å². The van der Waals surface area contributed by atoms with E-state index in [4.69, 9.17) is 14.5 Å². The summed E-state index contributed by atoms with van der Waals surface area (Å²) in [5, 5.41) is 8.04. The molecule has 1 atom stereocenters. The van der Waals surface area contributed by atoms with E-state index in [0.29, 0.717) is 40.4 Å². The Morgan fingerprint density at radius 1 is 1.07 bits per heavy atom. The standard InChI is InChI=1S/C28H27N5O5S2/c1-37-17-9-11-23(38-2)22(14-17)30-25(35)16-40-28-32-20-8-4-3-7-19(20)26-31-21(27(36)33(26)28)10-12-24(34)29-15-18-6-5-13-39-18/h3-9,11,13-14,21H,10,12,15-16H2,1-2H3,(H,29,34)(H,30,35). The highest BCUT2D eigenvalue weighted by Gasteiger charge is 2.41. The van der Waals surface area contributed by atoms with Crippen LogP contribution in [0.2, 0.25) is 0 Å². The molecule has 2 aliphatic heterocycles. The molecule has 12 heteroatoms. The van der Waals surface area contributed by atoms with Crippen LogP contribution in [0.3, 0.4) is 0 Å². The van der Waals surface area contributed by atoms with Crippen molar-refractivity contribution in [1.82, 2.24) is 10.2 Å². The third-order valence-electron chi connectivity index (χ3n) is 6.25. The molecule has 0 saturated heterocycles. The Morgan fingerprint density at radius 3 is 2.70 bits per heavy atom. The van der Waals surface area contributed by atoms with Crippen molar-refractivity contribution in [2.45, 2.75) is 25.4 Å². The van der Waals surface area contributed by atoms with Crippen LogP contribution in [-0.2, 0) is 20.9 Å². The van der Waals surface area contributed by atoms with Crippen molar-refractivity contribution in [3.05, 3.63) is 70.4 Å². The summed E-state index contributed by atoms with van der Waals surface area (Å²) in [7, 11) is 3.06. The number of ether oxygens (including phenoxy) is 2. The maximum absolute atomic E-state index is 13.5. The number of carbonyl (C=O) groups is 3. The summed E-state index contributed by atoms with van der Waals surface area (Å²) in [6, 6.07) is 15.7. The lowest BCUT2D eigenvalue weighted by atomic mass is 10.1. The van der Waals surface area contributed by atoms with Gasteiger partial charge in [-0.05, 0) is 42.1 Å². The molecule has 0 bridgehead atoms. The van der Waals surface area contributed by atoms with E-state index in [-0.39, 0.29) is 36.3 Å². The van der Waals surface area contributed by atoms with Crippen LogP contribution in [0.5, 0.6) is 11.5 Å². The minimum Gasteiger partial charge on any atom is -0.497 e. The van der Waals surface area contributed by atoms with Crippen molar-refractivity contribution in [2.75, 3.05) is 25.3 Å². The fourth-order valence-electron chi connectivity index (χ4n) is 4.27. The van der Waals surface area contributed by atoms with Crippen molar-refractivity contribution in [3.8, 4) is 11.5 Å². The lowest BCUT2D eigenvalue weighted by Gasteiger charge is -2.25. The molecule has 2 aliphatic rings. The number of carbonyl (C=O) groups excluding carboxylic acids is 3. The number of nitrogens with zero attached hydrogens (tertiary/aromatic N) is 3. The molecule has 1 unspecified atom stereocenters. The monoisotopic (exact) mass is 577 g/mol. The molecule has 3 heterocycles. The summed E-state index contributed by atoms with van der Waals surface area (Å²) in [5.74, 6) is 0.838. The first kappa shape index (κ1) is 27.4. The van der Waals surface area contributed by atoms with Crippen LogP contribution in [0.1, 0.15) is 23.3 Å². The van der Waals surface area contributed by atoms with Gasteiger partial charge >= 0.3 is 0 Å². The van der Waals surface area contributed by atoms with Gasteiger partial charge in [-0.15, -0.1) is 11.3 Å². The normalized spacial score (nSPS) is 15.5. The van der Waals surface area contributed by atoms with Gasteiger partial charge in [-0.25, -0.2) is 9.89 Å². The summed E-state index contributed by atoms with van der Waals surface area (Å²) in [6.45, 7) is 0.459. The summed E-state index contributed by atoms with van der Waals surface area (Å²) < 4.78 is 10.6. The van der Waals surface area contributed by atoms with Gasteiger partial charge in [-0.3, -0.25) is 19.4 Å². The molecule has 0 spiro atoms. The molecule has 206 valence electrons. The number of amidine groups is 2. The van der Waals surface area contributed by atoms with Crippen LogP contribution in [-0.4, -0.2) is 59.6 Å². The van der Waals surface area contributed by atoms with Gasteiger partial charge in [0.25, 0.3) is 5.91 Å².